The van der Waals surface area contributed by atoms with Crippen LogP contribution in [-0.4, -0.2) is 23.5 Å². The van der Waals surface area contributed by atoms with Gasteiger partial charge in [0.2, 0.25) is 5.91 Å². The van der Waals surface area contributed by atoms with Crippen LogP contribution in [0.3, 0.4) is 0 Å². The van der Waals surface area contributed by atoms with E-state index in [-0.39, 0.29) is 5.82 Å². The highest BCUT2D eigenvalue weighted by Gasteiger charge is 2.19. The Morgan fingerprint density at radius 3 is 2.20 bits per heavy atom. The van der Waals surface area contributed by atoms with Crippen LogP contribution in [0.5, 0.6) is 0 Å². The van der Waals surface area contributed by atoms with E-state index >= 15 is 0 Å². The molecule has 0 radical (unpaired) electrons. The molecular formula is C14H20FN3O2. The van der Waals surface area contributed by atoms with Crippen LogP contribution < -0.4 is 16.0 Å². The lowest BCUT2D eigenvalue weighted by atomic mass is 10.1. The minimum Gasteiger partial charge on any atom is -0.374 e. The molecule has 0 fully saturated rings. The van der Waals surface area contributed by atoms with Crippen LogP contribution in [0.1, 0.15) is 27.7 Å². The van der Waals surface area contributed by atoms with Crippen molar-refractivity contribution in [3.63, 3.8) is 0 Å². The minimum atomic E-state index is -0.619. The predicted octanol–water partition coefficient (Wildman–Crippen LogP) is 2.25. The van der Waals surface area contributed by atoms with E-state index in [4.69, 9.17) is 0 Å². The number of amides is 3. The lowest BCUT2D eigenvalue weighted by Crippen LogP contribution is -2.51. The molecule has 20 heavy (non-hydrogen) atoms. The first-order chi connectivity index (χ1) is 9.17. The van der Waals surface area contributed by atoms with Gasteiger partial charge in [0.15, 0.2) is 0 Å². The van der Waals surface area contributed by atoms with Gasteiger partial charge in [-0.3, -0.25) is 10.1 Å². The molecule has 1 rings (SSSR count). The zero-order chi connectivity index (χ0) is 15.3. The fourth-order valence-corrected chi connectivity index (χ4v) is 1.45. The molecule has 0 aliphatic carbocycles. The number of urea groups is 1. The minimum absolute atomic E-state index is 0.350. The molecule has 6 heteroatoms. The van der Waals surface area contributed by atoms with Crippen LogP contribution in [0.25, 0.3) is 0 Å². The third-order valence-corrected chi connectivity index (χ3v) is 2.35. The van der Waals surface area contributed by atoms with Crippen LogP contribution in [-0.2, 0) is 4.79 Å². The fourth-order valence-electron chi connectivity index (χ4n) is 1.45. The highest BCUT2D eigenvalue weighted by Crippen LogP contribution is 2.09. The standard InChI is InChI=1S/C14H20FN3O2/c1-9(16-11-7-5-10(15)6-8-11)12(19)17-13(20)18-14(2,3)4/h5-9,16H,1-4H3,(H2,17,18,19,20). The summed E-state index contributed by atoms with van der Waals surface area (Å²) >= 11 is 0. The third kappa shape index (κ3) is 5.69. The van der Waals surface area contributed by atoms with Gasteiger partial charge >= 0.3 is 6.03 Å². The van der Waals surface area contributed by atoms with E-state index in [9.17, 15) is 14.0 Å². The van der Waals surface area contributed by atoms with Gasteiger partial charge in [-0.25, -0.2) is 9.18 Å². The Morgan fingerprint density at radius 1 is 1.15 bits per heavy atom. The monoisotopic (exact) mass is 281 g/mol. The number of nitrogens with one attached hydrogen (secondary N) is 3. The molecule has 0 aromatic heterocycles. The SMILES string of the molecule is CC(Nc1ccc(F)cc1)C(=O)NC(=O)NC(C)(C)C. The van der Waals surface area contributed by atoms with E-state index in [1.807, 2.05) is 20.8 Å². The first kappa shape index (κ1) is 15.9. The second kappa shape index (κ2) is 6.36. The zero-order valence-corrected chi connectivity index (χ0v) is 12.1. The summed E-state index contributed by atoms with van der Waals surface area (Å²) in [7, 11) is 0. The Balaban J connectivity index is 2.51. The number of hydrogen-bond donors (Lipinski definition) is 3. The van der Waals surface area contributed by atoms with Crippen molar-refractivity contribution in [2.45, 2.75) is 39.3 Å². The zero-order valence-electron chi connectivity index (χ0n) is 12.1. The summed E-state index contributed by atoms with van der Waals surface area (Å²) in [5.41, 5.74) is 0.183. The van der Waals surface area contributed by atoms with E-state index < -0.39 is 23.5 Å². The summed E-state index contributed by atoms with van der Waals surface area (Å²) in [5, 5.41) is 7.75. The van der Waals surface area contributed by atoms with Crippen LogP contribution in [0.15, 0.2) is 24.3 Å². The van der Waals surface area contributed by atoms with Crippen LogP contribution in [0.2, 0.25) is 0 Å². The van der Waals surface area contributed by atoms with Crippen molar-refractivity contribution >= 4 is 17.6 Å². The molecule has 0 heterocycles. The lowest BCUT2D eigenvalue weighted by molar-refractivity contribution is -0.120. The van der Waals surface area contributed by atoms with Gasteiger partial charge in [0, 0.05) is 11.2 Å². The van der Waals surface area contributed by atoms with Crippen molar-refractivity contribution in [1.29, 1.82) is 0 Å². The van der Waals surface area contributed by atoms with Crippen molar-refractivity contribution in [2.24, 2.45) is 0 Å². The summed E-state index contributed by atoms with van der Waals surface area (Å²) in [6.45, 7) is 7.06. The summed E-state index contributed by atoms with van der Waals surface area (Å²) in [6.07, 6.45) is 0. The van der Waals surface area contributed by atoms with Gasteiger partial charge in [0.05, 0.1) is 0 Å². The lowest BCUT2D eigenvalue weighted by Gasteiger charge is -2.21. The molecule has 0 bridgehead atoms. The third-order valence-electron chi connectivity index (χ3n) is 2.35. The Morgan fingerprint density at radius 2 is 1.70 bits per heavy atom. The summed E-state index contributed by atoms with van der Waals surface area (Å²) in [4.78, 5) is 23.4. The van der Waals surface area contributed by atoms with Gasteiger partial charge < -0.3 is 10.6 Å². The molecule has 1 aromatic rings. The molecule has 0 spiro atoms. The van der Waals surface area contributed by atoms with Crippen LogP contribution in [0.4, 0.5) is 14.9 Å². The van der Waals surface area contributed by atoms with Crippen molar-refractivity contribution in [3.8, 4) is 0 Å². The maximum Gasteiger partial charge on any atom is 0.321 e. The van der Waals surface area contributed by atoms with E-state index in [0.717, 1.165) is 0 Å². The number of rotatable bonds is 3. The van der Waals surface area contributed by atoms with Crippen molar-refractivity contribution < 1.29 is 14.0 Å². The highest BCUT2D eigenvalue weighted by atomic mass is 19.1. The summed E-state index contributed by atoms with van der Waals surface area (Å²) in [6, 6.07) is 4.46. The maximum atomic E-state index is 12.8. The molecule has 0 aliphatic rings. The fraction of sp³-hybridized carbons (Fsp3) is 0.429. The number of carbonyl (C=O) groups excluding carboxylic acids is 2. The van der Waals surface area contributed by atoms with Gasteiger partial charge in [-0.15, -0.1) is 0 Å². The summed E-state index contributed by atoms with van der Waals surface area (Å²) < 4.78 is 12.8. The van der Waals surface area contributed by atoms with Gasteiger partial charge in [0.25, 0.3) is 0 Å². The Kier molecular flexibility index (Phi) is 5.07. The Labute approximate surface area is 117 Å². The maximum absolute atomic E-state index is 12.8. The quantitative estimate of drug-likeness (QED) is 0.796. The van der Waals surface area contributed by atoms with Crippen LogP contribution in [0, 0.1) is 5.82 Å². The molecular weight excluding hydrogens is 261 g/mol. The van der Waals surface area contributed by atoms with Gasteiger partial charge in [-0.1, -0.05) is 0 Å². The number of benzene rings is 1. The average molecular weight is 281 g/mol. The molecule has 1 atom stereocenters. The molecule has 0 aliphatic heterocycles. The van der Waals surface area contributed by atoms with E-state index in [1.165, 1.54) is 24.3 Å². The molecule has 110 valence electrons. The van der Waals surface area contributed by atoms with Gasteiger partial charge in [0.1, 0.15) is 11.9 Å². The van der Waals surface area contributed by atoms with E-state index in [1.54, 1.807) is 6.92 Å². The Hall–Kier alpha value is -2.11. The molecule has 0 saturated carbocycles. The summed E-state index contributed by atoms with van der Waals surface area (Å²) in [5.74, 6) is -0.812. The molecule has 1 aromatic carbocycles. The second-order valence-corrected chi connectivity index (χ2v) is 5.57. The average Bonchev–Trinajstić information content (AvgIpc) is 2.29. The number of halogens is 1. The largest absolute Gasteiger partial charge is 0.374 e. The smallest absolute Gasteiger partial charge is 0.321 e. The van der Waals surface area contributed by atoms with Crippen molar-refractivity contribution in [1.82, 2.24) is 10.6 Å². The van der Waals surface area contributed by atoms with E-state index in [2.05, 4.69) is 16.0 Å². The molecule has 3 N–H and O–H groups in total. The van der Waals surface area contributed by atoms with E-state index in [0.29, 0.717) is 5.69 Å². The van der Waals surface area contributed by atoms with Crippen molar-refractivity contribution in [3.05, 3.63) is 30.1 Å². The first-order valence-corrected chi connectivity index (χ1v) is 6.32. The molecule has 1 unspecified atom stereocenters. The van der Waals surface area contributed by atoms with Gasteiger partial charge in [-0.2, -0.15) is 0 Å². The number of anilines is 1. The molecule has 3 amide bonds. The van der Waals surface area contributed by atoms with Crippen LogP contribution >= 0.6 is 0 Å². The number of hydrogen-bond acceptors (Lipinski definition) is 3. The number of imide groups is 1. The second-order valence-electron chi connectivity index (χ2n) is 5.57. The molecule has 0 saturated heterocycles. The first-order valence-electron chi connectivity index (χ1n) is 6.32. The van der Waals surface area contributed by atoms with Gasteiger partial charge in [-0.05, 0) is 52.0 Å². The molecule has 5 nitrogen and oxygen atoms in total. The Bertz CT molecular complexity index is 480. The normalized spacial score (nSPS) is 12.4. The highest BCUT2D eigenvalue weighted by molar-refractivity contribution is 5.98. The number of carbonyl (C=O) groups is 2. The van der Waals surface area contributed by atoms with Crippen molar-refractivity contribution in [2.75, 3.05) is 5.32 Å². The predicted molar refractivity (Wildman–Crippen MR) is 75.9 cm³/mol. The topological polar surface area (TPSA) is 70.2 Å².